The van der Waals surface area contributed by atoms with Gasteiger partial charge in [0.05, 0.1) is 4.90 Å². The van der Waals surface area contributed by atoms with Crippen LogP contribution in [0.4, 0.5) is 14.5 Å². The minimum absolute atomic E-state index is 0.100. The van der Waals surface area contributed by atoms with Crippen molar-refractivity contribution in [1.82, 2.24) is 5.32 Å². The highest BCUT2D eigenvalue weighted by atomic mass is 32.2. The molecule has 30 heavy (non-hydrogen) atoms. The first-order chi connectivity index (χ1) is 14.3. The molecule has 0 fully saturated rings. The topological polar surface area (TPSA) is 75.3 Å². The zero-order chi connectivity index (χ0) is 21.7. The predicted molar refractivity (Wildman–Crippen MR) is 111 cm³/mol. The van der Waals surface area contributed by atoms with Crippen molar-refractivity contribution >= 4 is 21.6 Å². The molecule has 3 rings (SSSR count). The molecular weight excluding hydrogens is 410 g/mol. The van der Waals surface area contributed by atoms with Crippen LogP contribution in [0.25, 0.3) is 0 Å². The number of amides is 1. The number of carbonyl (C=O) groups is 1. The lowest BCUT2D eigenvalue weighted by Gasteiger charge is -2.12. The Morgan fingerprint density at radius 1 is 0.967 bits per heavy atom. The molecule has 0 atom stereocenters. The molecule has 2 N–H and O–H groups in total. The Morgan fingerprint density at radius 3 is 2.37 bits per heavy atom. The van der Waals surface area contributed by atoms with Crippen LogP contribution < -0.4 is 10.0 Å². The number of hydrogen-bond donors (Lipinski definition) is 2. The van der Waals surface area contributed by atoms with E-state index in [1.165, 1.54) is 36.4 Å². The highest BCUT2D eigenvalue weighted by Crippen LogP contribution is 2.20. The van der Waals surface area contributed by atoms with Crippen molar-refractivity contribution in [3.05, 3.63) is 95.1 Å². The average Bonchev–Trinajstić information content (AvgIpc) is 2.71. The van der Waals surface area contributed by atoms with Crippen LogP contribution in [0, 0.1) is 18.6 Å². The SMILES string of the molecule is Cc1ccc(S(=O)(=O)Nc2ccc(F)cc2)cc1C(=O)NCCc1ccccc1F. The number of sulfonamides is 1. The van der Waals surface area contributed by atoms with Crippen LogP contribution in [0.1, 0.15) is 21.5 Å². The van der Waals surface area contributed by atoms with E-state index in [0.717, 1.165) is 12.1 Å². The Balaban J connectivity index is 1.73. The van der Waals surface area contributed by atoms with Crippen LogP contribution in [0.5, 0.6) is 0 Å². The van der Waals surface area contributed by atoms with Crippen LogP contribution in [0.3, 0.4) is 0 Å². The Labute approximate surface area is 173 Å². The van der Waals surface area contributed by atoms with E-state index < -0.39 is 21.7 Å². The third kappa shape index (κ3) is 5.21. The zero-order valence-electron chi connectivity index (χ0n) is 16.2. The van der Waals surface area contributed by atoms with Gasteiger partial charge < -0.3 is 5.32 Å². The normalized spacial score (nSPS) is 11.2. The first kappa shape index (κ1) is 21.4. The van der Waals surface area contributed by atoms with Gasteiger partial charge in [-0.05, 0) is 66.9 Å². The van der Waals surface area contributed by atoms with Crippen molar-refractivity contribution in [2.75, 3.05) is 11.3 Å². The highest BCUT2D eigenvalue weighted by Gasteiger charge is 2.18. The van der Waals surface area contributed by atoms with Crippen LogP contribution >= 0.6 is 0 Å². The number of nitrogens with one attached hydrogen (secondary N) is 2. The summed E-state index contributed by atoms with van der Waals surface area (Å²) in [5.74, 6) is -1.28. The zero-order valence-corrected chi connectivity index (χ0v) is 17.0. The van der Waals surface area contributed by atoms with Crippen LogP contribution in [-0.4, -0.2) is 20.9 Å². The lowest BCUT2D eigenvalue weighted by atomic mass is 10.1. The van der Waals surface area contributed by atoms with Gasteiger partial charge >= 0.3 is 0 Å². The van der Waals surface area contributed by atoms with Crippen LogP contribution in [0.2, 0.25) is 0 Å². The van der Waals surface area contributed by atoms with Crippen molar-refractivity contribution in [1.29, 1.82) is 0 Å². The molecule has 5 nitrogen and oxygen atoms in total. The molecule has 156 valence electrons. The number of aryl methyl sites for hydroxylation is 1. The number of benzene rings is 3. The van der Waals surface area contributed by atoms with E-state index in [1.54, 1.807) is 25.1 Å². The molecule has 0 radical (unpaired) electrons. The first-order valence-corrected chi connectivity index (χ1v) is 10.7. The summed E-state index contributed by atoms with van der Waals surface area (Å²) in [7, 11) is -3.97. The van der Waals surface area contributed by atoms with Gasteiger partial charge in [-0.25, -0.2) is 17.2 Å². The molecule has 0 aliphatic heterocycles. The quantitative estimate of drug-likeness (QED) is 0.594. The third-order valence-corrected chi connectivity index (χ3v) is 5.88. The van der Waals surface area contributed by atoms with Gasteiger partial charge in [-0.15, -0.1) is 0 Å². The molecule has 0 unspecified atom stereocenters. The lowest BCUT2D eigenvalue weighted by molar-refractivity contribution is 0.0953. The molecule has 1 amide bonds. The fourth-order valence-electron chi connectivity index (χ4n) is 2.85. The largest absolute Gasteiger partial charge is 0.352 e. The van der Waals surface area contributed by atoms with Crippen molar-refractivity contribution in [3.63, 3.8) is 0 Å². The molecule has 0 spiro atoms. The van der Waals surface area contributed by atoms with E-state index in [0.29, 0.717) is 17.5 Å². The Bertz CT molecular complexity index is 1160. The van der Waals surface area contributed by atoms with Gasteiger partial charge in [0.15, 0.2) is 0 Å². The first-order valence-electron chi connectivity index (χ1n) is 9.17. The number of rotatable bonds is 7. The van der Waals surface area contributed by atoms with Gasteiger partial charge in [0, 0.05) is 17.8 Å². The summed E-state index contributed by atoms with van der Waals surface area (Å²) in [5, 5.41) is 2.69. The Kier molecular flexibility index (Phi) is 6.47. The van der Waals surface area contributed by atoms with Gasteiger partial charge in [0.25, 0.3) is 15.9 Å². The summed E-state index contributed by atoms with van der Waals surface area (Å²) < 4.78 is 54.3. The molecule has 0 saturated heterocycles. The fourth-order valence-corrected chi connectivity index (χ4v) is 3.94. The highest BCUT2D eigenvalue weighted by molar-refractivity contribution is 7.92. The molecule has 3 aromatic rings. The monoisotopic (exact) mass is 430 g/mol. The predicted octanol–water partition coefficient (Wildman–Crippen LogP) is 4.05. The fraction of sp³-hybridized carbons (Fsp3) is 0.136. The summed E-state index contributed by atoms with van der Waals surface area (Å²) in [6, 6.07) is 15.4. The molecule has 0 bridgehead atoms. The molecule has 8 heteroatoms. The minimum atomic E-state index is -3.97. The second-order valence-corrected chi connectivity index (χ2v) is 8.37. The van der Waals surface area contributed by atoms with Crippen molar-refractivity contribution in [2.45, 2.75) is 18.2 Å². The van der Waals surface area contributed by atoms with Gasteiger partial charge in [0.1, 0.15) is 11.6 Å². The van der Waals surface area contributed by atoms with E-state index in [9.17, 15) is 22.0 Å². The summed E-state index contributed by atoms with van der Waals surface area (Å²) in [4.78, 5) is 12.5. The summed E-state index contributed by atoms with van der Waals surface area (Å²) >= 11 is 0. The van der Waals surface area contributed by atoms with E-state index in [1.807, 2.05) is 0 Å². The van der Waals surface area contributed by atoms with Gasteiger partial charge in [-0.3, -0.25) is 9.52 Å². The van der Waals surface area contributed by atoms with Crippen molar-refractivity contribution in [2.24, 2.45) is 0 Å². The summed E-state index contributed by atoms with van der Waals surface area (Å²) in [5.41, 5.74) is 1.48. The Hall–Kier alpha value is -3.26. The standard InChI is InChI=1S/C22H20F2N2O3S/c1-15-6-11-19(30(28,29)26-18-9-7-17(23)8-10-18)14-20(15)22(27)25-13-12-16-4-2-3-5-21(16)24/h2-11,14,26H,12-13H2,1H3,(H,25,27). The van der Waals surface area contributed by atoms with Crippen LogP contribution in [-0.2, 0) is 16.4 Å². The molecule has 0 heterocycles. The number of hydrogen-bond acceptors (Lipinski definition) is 3. The molecule has 0 aliphatic carbocycles. The molecule has 0 saturated carbocycles. The molecule has 0 aliphatic rings. The maximum atomic E-state index is 13.7. The minimum Gasteiger partial charge on any atom is -0.352 e. The lowest BCUT2D eigenvalue weighted by Crippen LogP contribution is -2.27. The molecular formula is C22H20F2N2O3S. The van der Waals surface area contributed by atoms with Crippen molar-refractivity contribution < 1.29 is 22.0 Å². The molecule has 3 aromatic carbocycles. The van der Waals surface area contributed by atoms with Crippen molar-refractivity contribution in [3.8, 4) is 0 Å². The van der Waals surface area contributed by atoms with Gasteiger partial charge in [0.2, 0.25) is 0 Å². The average molecular weight is 430 g/mol. The maximum Gasteiger partial charge on any atom is 0.261 e. The third-order valence-electron chi connectivity index (χ3n) is 4.50. The number of anilines is 1. The summed E-state index contributed by atoms with van der Waals surface area (Å²) in [6.45, 7) is 1.89. The van der Waals surface area contributed by atoms with Crippen LogP contribution in [0.15, 0.2) is 71.6 Å². The molecule has 0 aromatic heterocycles. The Morgan fingerprint density at radius 2 is 1.67 bits per heavy atom. The number of halogens is 2. The van der Waals surface area contributed by atoms with E-state index in [2.05, 4.69) is 10.0 Å². The smallest absolute Gasteiger partial charge is 0.261 e. The van der Waals surface area contributed by atoms with Gasteiger partial charge in [-0.2, -0.15) is 0 Å². The summed E-state index contributed by atoms with van der Waals surface area (Å²) in [6.07, 6.45) is 0.307. The van der Waals surface area contributed by atoms with E-state index in [4.69, 9.17) is 0 Å². The second kappa shape index (κ2) is 9.04. The van der Waals surface area contributed by atoms with E-state index >= 15 is 0 Å². The maximum absolute atomic E-state index is 13.7. The number of carbonyl (C=O) groups excluding carboxylic acids is 1. The second-order valence-electron chi connectivity index (χ2n) is 6.69. The van der Waals surface area contributed by atoms with Gasteiger partial charge in [-0.1, -0.05) is 24.3 Å². The van der Waals surface area contributed by atoms with E-state index in [-0.39, 0.29) is 28.5 Å².